The zero-order valence-electron chi connectivity index (χ0n) is 13.5. The highest BCUT2D eigenvalue weighted by molar-refractivity contribution is 7.92. The Bertz CT molecular complexity index is 1060. The summed E-state index contributed by atoms with van der Waals surface area (Å²) in [4.78, 5) is 11.0. The van der Waals surface area contributed by atoms with Crippen LogP contribution in [0.3, 0.4) is 0 Å². The van der Waals surface area contributed by atoms with Gasteiger partial charge in [0.25, 0.3) is 0 Å². The number of hydrogen-bond acceptors (Lipinski definition) is 6. The van der Waals surface area contributed by atoms with Gasteiger partial charge in [-0.3, -0.25) is 4.79 Å². The van der Waals surface area contributed by atoms with Gasteiger partial charge in [0.15, 0.2) is 9.84 Å². The number of hydrogen-bond donors (Lipinski definition) is 2. The number of aliphatic hydroxyl groups is 1. The van der Waals surface area contributed by atoms with Gasteiger partial charge in [-0.05, 0) is 22.9 Å². The SMILES string of the molecule is O=C(O)CN([C@H]1CS(=O)(=O)C[C@@H]1O)S(=O)(=O)c1ccc2ccccc2c1. The van der Waals surface area contributed by atoms with Crippen molar-refractivity contribution in [3.8, 4) is 0 Å². The maximum Gasteiger partial charge on any atom is 0.318 e. The summed E-state index contributed by atoms with van der Waals surface area (Å²) >= 11 is 0. The molecule has 26 heavy (non-hydrogen) atoms. The lowest BCUT2D eigenvalue weighted by molar-refractivity contribution is -0.137. The second-order valence-electron chi connectivity index (χ2n) is 6.16. The fraction of sp³-hybridized carbons (Fsp3) is 0.312. The highest BCUT2D eigenvalue weighted by Crippen LogP contribution is 2.27. The second-order valence-corrected chi connectivity index (χ2v) is 10.2. The third-order valence-electron chi connectivity index (χ3n) is 4.28. The summed E-state index contributed by atoms with van der Waals surface area (Å²) in [6.45, 7) is -0.938. The largest absolute Gasteiger partial charge is 0.480 e. The van der Waals surface area contributed by atoms with E-state index in [2.05, 4.69) is 0 Å². The van der Waals surface area contributed by atoms with E-state index in [0.717, 1.165) is 5.39 Å². The topological polar surface area (TPSA) is 129 Å². The molecule has 2 aromatic carbocycles. The normalized spacial score (nSPS) is 22.7. The van der Waals surface area contributed by atoms with Crippen molar-refractivity contribution in [2.45, 2.75) is 17.0 Å². The lowest BCUT2D eigenvalue weighted by atomic mass is 10.1. The van der Waals surface area contributed by atoms with Crippen molar-refractivity contribution in [1.29, 1.82) is 0 Å². The highest BCUT2D eigenvalue weighted by Gasteiger charge is 2.45. The Labute approximate surface area is 150 Å². The van der Waals surface area contributed by atoms with Gasteiger partial charge in [-0.25, -0.2) is 16.8 Å². The summed E-state index contributed by atoms with van der Waals surface area (Å²) in [5, 5.41) is 20.6. The van der Waals surface area contributed by atoms with Crippen LogP contribution in [0.4, 0.5) is 0 Å². The predicted octanol–water partition coefficient (Wildman–Crippen LogP) is 0.0730. The summed E-state index contributed by atoms with van der Waals surface area (Å²) in [6.07, 6.45) is -1.48. The molecule has 10 heteroatoms. The number of rotatable bonds is 5. The van der Waals surface area contributed by atoms with E-state index in [9.17, 15) is 26.7 Å². The van der Waals surface area contributed by atoms with Gasteiger partial charge >= 0.3 is 5.97 Å². The quantitative estimate of drug-likeness (QED) is 0.728. The van der Waals surface area contributed by atoms with Crippen molar-refractivity contribution < 1.29 is 31.8 Å². The molecule has 0 bridgehead atoms. The summed E-state index contributed by atoms with van der Waals surface area (Å²) in [5.74, 6) is -2.65. The first-order chi connectivity index (χ1) is 12.1. The van der Waals surface area contributed by atoms with Gasteiger partial charge in [0.2, 0.25) is 10.0 Å². The minimum absolute atomic E-state index is 0.158. The Morgan fingerprint density at radius 2 is 1.77 bits per heavy atom. The minimum atomic E-state index is -4.33. The van der Waals surface area contributed by atoms with Crippen molar-refractivity contribution in [2.75, 3.05) is 18.1 Å². The van der Waals surface area contributed by atoms with Crippen molar-refractivity contribution in [1.82, 2.24) is 4.31 Å². The van der Waals surface area contributed by atoms with Crippen LogP contribution in [0, 0.1) is 0 Å². The van der Waals surface area contributed by atoms with Crippen LogP contribution in [0.2, 0.25) is 0 Å². The molecular formula is C16H17NO7S2. The molecule has 0 radical (unpaired) electrons. The molecule has 1 fully saturated rings. The molecule has 2 N–H and O–H groups in total. The number of carboxylic acids is 1. The van der Waals surface area contributed by atoms with E-state index in [1.165, 1.54) is 12.1 Å². The Morgan fingerprint density at radius 1 is 1.12 bits per heavy atom. The van der Waals surface area contributed by atoms with Gasteiger partial charge in [0, 0.05) is 0 Å². The smallest absolute Gasteiger partial charge is 0.318 e. The number of aliphatic carboxylic acids is 1. The average molecular weight is 399 g/mol. The number of aliphatic hydroxyl groups excluding tert-OH is 1. The molecule has 2 atom stereocenters. The van der Waals surface area contributed by atoms with Crippen LogP contribution >= 0.6 is 0 Å². The summed E-state index contributed by atoms with van der Waals surface area (Å²) in [7, 11) is -7.98. The molecule has 140 valence electrons. The lowest BCUT2D eigenvalue weighted by Gasteiger charge is -2.28. The van der Waals surface area contributed by atoms with Crippen LogP contribution in [0.25, 0.3) is 10.8 Å². The first-order valence-electron chi connectivity index (χ1n) is 7.71. The molecule has 3 rings (SSSR count). The molecule has 0 aromatic heterocycles. The Kier molecular flexibility index (Phi) is 4.78. The number of carboxylic acid groups (broad SMARTS) is 1. The fourth-order valence-corrected chi connectivity index (χ4v) is 6.60. The Morgan fingerprint density at radius 3 is 2.35 bits per heavy atom. The molecule has 2 aromatic rings. The van der Waals surface area contributed by atoms with Crippen molar-refractivity contribution in [3.63, 3.8) is 0 Å². The predicted molar refractivity (Wildman–Crippen MR) is 93.9 cm³/mol. The molecule has 1 aliphatic rings. The lowest BCUT2D eigenvalue weighted by Crippen LogP contribution is -2.48. The maximum atomic E-state index is 13.0. The Hall–Kier alpha value is -2.01. The molecule has 0 spiro atoms. The summed E-state index contributed by atoms with van der Waals surface area (Å²) in [6, 6.07) is 10.0. The molecule has 0 amide bonds. The monoisotopic (exact) mass is 399 g/mol. The number of fused-ring (bicyclic) bond motifs is 1. The van der Waals surface area contributed by atoms with Crippen molar-refractivity contribution in [3.05, 3.63) is 42.5 Å². The standard InChI is InChI=1S/C16H17NO7S2/c18-15-10-25(21,22)9-14(15)17(8-16(19)20)26(23,24)13-6-5-11-3-1-2-4-12(11)7-13/h1-7,14-15,18H,8-10H2,(H,19,20)/t14-,15-/m0/s1. The highest BCUT2D eigenvalue weighted by atomic mass is 32.2. The van der Waals surface area contributed by atoms with Crippen LogP contribution in [-0.2, 0) is 24.7 Å². The maximum absolute atomic E-state index is 13.0. The van der Waals surface area contributed by atoms with Crippen LogP contribution in [0.15, 0.2) is 47.4 Å². The Balaban J connectivity index is 2.07. The van der Waals surface area contributed by atoms with E-state index in [1.807, 2.05) is 0 Å². The van der Waals surface area contributed by atoms with Crippen LogP contribution in [0.5, 0.6) is 0 Å². The van der Waals surface area contributed by atoms with Gasteiger partial charge < -0.3 is 10.2 Å². The summed E-state index contributed by atoms with van der Waals surface area (Å²) < 4.78 is 50.1. The van der Waals surface area contributed by atoms with Crippen molar-refractivity contribution in [2.24, 2.45) is 0 Å². The van der Waals surface area contributed by atoms with E-state index >= 15 is 0 Å². The van der Waals surface area contributed by atoms with Crippen LogP contribution in [-0.4, -0.2) is 67.5 Å². The number of sulfone groups is 1. The minimum Gasteiger partial charge on any atom is -0.480 e. The molecule has 8 nitrogen and oxygen atoms in total. The van der Waals surface area contributed by atoms with Crippen LogP contribution in [0.1, 0.15) is 0 Å². The van der Waals surface area contributed by atoms with E-state index in [0.29, 0.717) is 9.69 Å². The molecule has 1 heterocycles. The first-order valence-corrected chi connectivity index (χ1v) is 11.0. The van der Waals surface area contributed by atoms with Crippen LogP contribution < -0.4 is 0 Å². The van der Waals surface area contributed by atoms with E-state index in [1.54, 1.807) is 30.3 Å². The summed E-state index contributed by atoms with van der Waals surface area (Å²) in [5.41, 5.74) is 0. The second kappa shape index (κ2) is 6.62. The number of benzene rings is 2. The molecule has 0 unspecified atom stereocenters. The number of sulfonamides is 1. The third kappa shape index (κ3) is 3.58. The average Bonchev–Trinajstić information content (AvgIpc) is 2.84. The third-order valence-corrected chi connectivity index (χ3v) is 7.85. The number of carbonyl (C=O) groups is 1. The zero-order chi connectivity index (χ0) is 19.1. The van der Waals surface area contributed by atoms with Gasteiger partial charge in [-0.2, -0.15) is 4.31 Å². The van der Waals surface area contributed by atoms with Gasteiger partial charge in [0.05, 0.1) is 28.5 Å². The fourth-order valence-electron chi connectivity index (χ4n) is 3.06. The molecule has 0 saturated carbocycles. The van der Waals surface area contributed by atoms with E-state index < -0.39 is 56.0 Å². The van der Waals surface area contributed by atoms with Gasteiger partial charge in [0.1, 0.15) is 6.54 Å². The van der Waals surface area contributed by atoms with Gasteiger partial charge in [-0.1, -0.05) is 30.3 Å². The van der Waals surface area contributed by atoms with E-state index in [4.69, 9.17) is 5.11 Å². The number of nitrogens with zero attached hydrogens (tertiary/aromatic N) is 1. The van der Waals surface area contributed by atoms with E-state index in [-0.39, 0.29) is 4.90 Å². The molecule has 1 saturated heterocycles. The van der Waals surface area contributed by atoms with Gasteiger partial charge in [-0.15, -0.1) is 0 Å². The molecule has 0 aliphatic carbocycles. The van der Waals surface area contributed by atoms with Crippen molar-refractivity contribution >= 4 is 36.6 Å². The molecule has 1 aliphatic heterocycles. The first kappa shape index (κ1) is 18.8. The molecular weight excluding hydrogens is 382 g/mol. The zero-order valence-corrected chi connectivity index (χ0v) is 15.1.